The minimum absolute atomic E-state index is 0.0293. The van der Waals surface area contributed by atoms with E-state index in [0.717, 1.165) is 5.56 Å². The number of primary amides is 1. The normalized spacial score (nSPS) is 10.4. The third-order valence-electron chi connectivity index (χ3n) is 2.85. The van der Waals surface area contributed by atoms with Crippen LogP contribution in [0.1, 0.15) is 5.56 Å². The predicted molar refractivity (Wildman–Crippen MR) is 88.0 cm³/mol. The van der Waals surface area contributed by atoms with Gasteiger partial charge in [-0.05, 0) is 33.6 Å². The van der Waals surface area contributed by atoms with E-state index in [0.29, 0.717) is 27.5 Å². The number of pyridine rings is 1. The minimum Gasteiger partial charge on any atom is -0.398 e. The van der Waals surface area contributed by atoms with Crippen LogP contribution in [0, 0.1) is 0 Å². The van der Waals surface area contributed by atoms with Crippen molar-refractivity contribution in [2.24, 2.45) is 5.73 Å². The molecular weight excluding hydrogens is 356 g/mol. The summed E-state index contributed by atoms with van der Waals surface area (Å²) in [5, 5.41) is 0.504. The summed E-state index contributed by atoms with van der Waals surface area (Å²) >= 11 is 9.29. The SMILES string of the molecule is NC(=O)CN(Cc1ccccc1N)c1ncc(Cl)cc1Br. The van der Waals surface area contributed by atoms with Gasteiger partial charge in [-0.2, -0.15) is 0 Å². The number of hydrogen-bond donors (Lipinski definition) is 2. The van der Waals surface area contributed by atoms with E-state index in [1.807, 2.05) is 24.3 Å². The molecule has 0 aliphatic rings. The molecule has 7 heteroatoms. The van der Waals surface area contributed by atoms with Crippen molar-refractivity contribution in [2.75, 3.05) is 17.2 Å². The van der Waals surface area contributed by atoms with Crippen molar-refractivity contribution in [3.63, 3.8) is 0 Å². The van der Waals surface area contributed by atoms with Crippen LogP contribution in [-0.4, -0.2) is 17.4 Å². The van der Waals surface area contributed by atoms with Crippen LogP contribution < -0.4 is 16.4 Å². The summed E-state index contributed by atoms with van der Waals surface area (Å²) in [7, 11) is 0. The van der Waals surface area contributed by atoms with E-state index < -0.39 is 5.91 Å². The van der Waals surface area contributed by atoms with Gasteiger partial charge >= 0.3 is 0 Å². The molecule has 1 amide bonds. The Morgan fingerprint density at radius 3 is 2.71 bits per heavy atom. The maximum Gasteiger partial charge on any atom is 0.237 e. The lowest BCUT2D eigenvalue weighted by atomic mass is 10.1. The van der Waals surface area contributed by atoms with E-state index in [-0.39, 0.29) is 6.54 Å². The second-order valence-electron chi connectivity index (χ2n) is 4.48. The molecular formula is C14H14BrClN4O. The van der Waals surface area contributed by atoms with Gasteiger partial charge in [-0.15, -0.1) is 0 Å². The van der Waals surface area contributed by atoms with Gasteiger partial charge < -0.3 is 16.4 Å². The van der Waals surface area contributed by atoms with Crippen molar-refractivity contribution < 1.29 is 4.79 Å². The fourth-order valence-electron chi connectivity index (χ4n) is 1.92. The van der Waals surface area contributed by atoms with Crippen LogP contribution in [0.5, 0.6) is 0 Å². The van der Waals surface area contributed by atoms with Crippen LogP contribution in [0.2, 0.25) is 5.02 Å². The van der Waals surface area contributed by atoms with Crippen LogP contribution in [0.3, 0.4) is 0 Å². The number of aromatic nitrogens is 1. The Hall–Kier alpha value is -1.79. The third-order valence-corrected chi connectivity index (χ3v) is 3.64. The predicted octanol–water partition coefficient (Wildman–Crippen LogP) is 2.57. The van der Waals surface area contributed by atoms with E-state index in [2.05, 4.69) is 20.9 Å². The van der Waals surface area contributed by atoms with E-state index in [1.165, 1.54) is 6.20 Å². The van der Waals surface area contributed by atoms with E-state index >= 15 is 0 Å². The molecule has 1 heterocycles. The highest BCUT2D eigenvalue weighted by molar-refractivity contribution is 9.10. The number of halogens is 2. The molecule has 5 nitrogen and oxygen atoms in total. The standard InChI is InChI=1S/C14H14BrClN4O/c15-11-5-10(16)6-19-14(11)20(8-13(18)21)7-9-3-1-2-4-12(9)17/h1-6H,7-8,17H2,(H2,18,21). The fourth-order valence-corrected chi connectivity index (χ4v) is 2.81. The number of nitrogens with two attached hydrogens (primary N) is 2. The molecule has 2 aromatic rings. The topological polar surface area (TPSA) is 85.2 Å². The summed E-state index contributed by atoms with van der Waals surface area (Å²) in [6, 6.07) is 9.16. The Kier molecular flexibility index (Phi) is 5.03. The van der Waals surface area contributed by atoms with E-state index in [1.54, 1.807) is 11.0 Å². The molecule has 0 saturated heterocycles. The number of nitrogen functional groups attached to an aromatic ring is 1. The molecule has 0 atom stereocenters. The Labute approximate surface area is 136 Å². The first-order valence-electron chi connectivity index (χ1n) is 6.15. The monoisotopic (exact) mass is 368 g/mol. The van der Waals surface area contributed by atoms with Gasteiger partial charge in [0, 0.05) is 18.4 Å². The lowest BCUT2D eigenvalue weighted by Gasteiger charge is -2.24. The Morgan fingerprint density at radius 2 is 2.10 bits per heavy atom. The first kappa shape index (κ1) is 15.6. The first-order valence-corrected chi connectivity index (χ1v) is 7.32. The smallest absolute Gasteiger partial charge is 0.237 e. The highest BCUT2D eigenvalue weighted by atomic mass is 79.9. The molecule has 21 heavy (non-hydrogen) atoms. The lowest BCUT2D eigenvalue weighted by molar-refractivity contribution is -0.116. The van der Waals surface area contributed by atoms with Gasteiger partial charge in [0.2, 0.25) is 5.91 Å². The molecule has 1 aromatic heterocycles. The quantitative estimate of drug-likeness (QED) is 0.793. The number of carbonyl (C=O) groups is 1. The van der Waals surface area contributed by atoms with Crippen LogP contribution >= 0.6 is 27.5 Å². The van der Waals surface area contributed by atoms with Crippen molar-refractivity contribution in [1.82, 2.24) is 4.98 Å². The molecule has 0 saturated carbocycles. The molecule has 0 unspecified atom stereocenters. The van der Waals surface area contributed by atoms with Gasteiger partial charge in [-0.3, -0.25) is 4.79 Å². The summed E-state index contributed by atoms with van der Waals surface area (Å²) in [5.41, 5.74) is 12.8. The van der Waals surface area contributed by atoms with Gasteiger partial charge in [0.15, 0.2) is 0 Å². The summed E-state index contributed by atoms with van der Waals surface area (Å²) in [6.45, 7) is 0.449. The zero-order chi connectivity index (χ0) is 15.4. The highest BCUT2D eigenvalue weighted by Gasteiger charge is 2.16. The number of amides is 1. The number of benzene rings is 1. The average Bonchev–Trinajstić information content (AvgIpc) is 2.40. The molecule has 0 bridgehead atoms. The van der Waals surface area contributed by atoms with Gasteiger partial charge in [0.25, 0.3) is 0 Å². The minimum atomic E-state index is -0.451. The van der Waals surface area contributed by atoms with Gasteiger partial charge in [0.1, 0.15) is 5.82 Å². The van der Waals surface area contributed by atoms with Crippen molar-refractivity contribution >= 4 is 44.9 Å². The average molecular weight is 370 g/mol. The summed E-state index contributed by atoms with van der Waals surface area (Å²) in [5.74, 6) is 0.134. The number of rotatable bonds is 5. The molecule has 0 fully saturated rings. The highest BCUT2D eigenvalue weighted by Crippen LogP contribution is 2.28. The molecule has 1 aromatic carbocycles. The van der Waals surface area contributed by atoms with Crippen molar-refractivity contribution in [3.8, 4) is 0 Å². The molecule has 4 N–H and O–H groups in total. The summed E-state index contributed by atoms with van der Waals surface area (Å²) in [4.78, 5) is 17.3. The van der Waals surface area contributed by atoms with E-state index in [9.17, 15) is 4.79 Å². The number of carbonyl (C=O) groups excluding carboxylic acids is 1. The Balaban J connectivity index is 2.34. The molecule has 110 valence electrons. The van der Waals surface area contributed by atoms with Crippen molar-refractivity contribution in [1.29, 1.82) is 0 Å². The zero-order valence-corrected chi connectivity index (χ0v) is 13.4. The second-order valence-corrected chi connectivity index (χ2v) is 5.77. The second kappa shape index (κ2) is 6.78. The van der Waals surface area contributed by atoms with Gasteiger partial charge in [0.05, 0.1) is 16.0 Å². The number of anilines is 2. The van der Waals surface area contributed by atoms with Crippen LogP contribution in [0.15, 0.2) is 41.0 Å². The number of nitrogens with zero attached hydrogens (tertiary/aromatic N) is 2. The third kappa shape index (κ3) is 4.09. The maximum atomic E-state index is 11.3. The molecule has 2 rings (SSSR count). The van der Waals surface area contributed by atoms with Crippen LogP contribution in [0.25, 0.3) is 0 Å². The number of hydrogen-bond acceptors (Lipinski definition) is 4. The van der Waals surface area contributed by atoms with Crippen molar-refractivity contribution in [2.45, 2.75) is 6.54 Å². The fraction of sp³-hybridized carbons (Fsp3) is 0.143. The number of para-hydroxylation sites is 1. The molecule has 0 spiro atoms. The zero-order valence-electron chi connectivity index (χ0n) is 11.1. The van der Waals surface area contributed by atoms with E-state index in [4.69, 9.17) is 23.1 Å². The Bertz CT molecular complexity index is 665. The first-order chi connectivity index (χ1) is 9.97. The molecule has 0 aliphatic carbocycles. The van der Waals surface area contributed by atoms with Crippen LogP contribution in [-0.2, 0) is 11.3 Å². The summed E-state index contributed by atoms with van der Waals surface area (Å²) < 4.78 is 0.686. The van der Waals surface area contributed by atoms with Gasteiger partial charge in [-0.25, -0.2) is 4.98 Å². The molecule has 0 radical (unpaired) electrons. The molecule has 0 aliphatic heterocycles. The maximum absolute atomic E-state index is 11.3. The summed E-state index contributed by atoms with van der Waals surface area (Å²) in [6.07, 6.45) is 1.52. The lowest BCUT2D eigenvalue weighted by Crippen LogP contribution is -2.34. The van der Waals surface area contributed by atoms with Gasteiger partial charge in [-0.1, -0.05) is 29.8 Å². The largest absolute Gasteiger partial charge is 0.398 e. The van der Waals surface area contributed by atoms with Crippen molar-refractivity contribution in [3.05, 3.63) is 51.6 Å². The Morgan fingerprint density at radius 1 is 1.38 bits per heavy atom. The van der Waals surface area contributed by atoms with Crippen LogP contribution in [0.4, 0.5) is 11.5 Å².